The molecule has 0 aliphatic carbocycles. The average Bonchev–Trinajstić information content (AvgIpc) is 3.00. The first-order chi connectivity index (χ1) is 20.2. The number of thioether (sulfide) groups is 1. The van der Waals surface area contributed by atoms with Crippen LogP contribution >= 0.6 is 11.8 Å². The van der Waals surface area contributed by atoms with Gasteiger partial charge in [-0.1, -0.05) is 38.1 Å². The normalized spacial score (nSPS) is 11.9. The number of hydrogen-bond acceptors (Lipinski definition) is 6. The number of nitrogens with one attached hydrogen (secondary N) is 1. The Morgan fingerprint density at radius 3 is 2.24 bits per heavy atom. The van der Waals surface area contributed by atoms with E-state index in [2.05, 4.69) is 5.32 Å². The van der Waals surface area contributed by atoms with Crippen molar-refractivity contribution in [3.05, 3.63) is 84.2 Å². The fourth-order valence-corrected chi connectivity index (χ4v) is 6.23. The maximum absolute atomic E-state index is 14.1. The summed E-state index contributed by atoms with van der Waals surface area (Å²) in [5.41, 5.74) is 0.801. The zero-order valence-corrected chi connectivity index (χ0v) is 26.0. The number of halogens is 1. The van der Waals surface area contributed by atoms with Gasteiger partial charge in [-0.15, -0.1) is 11.8 Å². The number of carbonyl (C=O) groups is 2. The molecule has 0 heterocycles. The summed E-state index contributed by atoms with van der Waals surface area (Å²) in [5, 5.41) is 2.84. The maximum atomic E-state index is 14.1. The van der Waals surface area contributed by atoms with Crippen LogP contribution in [0.4, 0.5) is 10.1 Å². The molecule has 8 nitrogen and oxygen atoms in total. The molecule has 1 atom stereocenters. The molecular weight excluding hydrogens is 577 g/mol. The van der Waals surface area contributed by atoms with Crippen molar-refractivity contribution in [1.82, 2.24) is 10.2 Å². The molecule has 1 N–H and O–H groups in total. The van der Waals surface area contributed by atoms with E-state index >= 15 is 0 Å². The average molecular weight is 616 g/mol. The minimum Gasteiger partial charge on any atom is -0.492 e. The van der Waals surface area contributed by atoms with Crippen LogP contribution in [-0.2, 0) is 26.2 Å². The Balaban J connectivity index is 2.10. The van der Waals surface area contributed by atoms with Gasteiger partial charge in [0.15, 0.2) is 0 Å². The molecular formula is C31H38FN3O5S2. The predicted molar refractivity (Wildman–Crippen MR) is 165 cm³/mol. The van der Waals surface area contributed by atoms with E-state index in [1.165, 1.54) is 40.9 Å². The van der Waals surface area contributed by atoms with Crippen LogP contribution in [0.3, 0.4) is 0 Å². The Hall–Kier alpha value is -3.57. The van der Waals surface area contributed by atoms with Crippen molar-refractivity contribution >= 4 is 39.3 Å². The largest absolute Gasteiger partial charge is 0.492 e. The molecule has 3 aromatic rings. The summed E-state index contributed by atoms with van der Waals surface area (Å²) in [6.45, 7) is 5.61. The van der Waals surface area contributed by atoms with Crippen LogP contribution in [0.15, 0.2) is 82.6 Å². The van der Waals surface area contributed by atoms with Gasteiger partial charge in [-0.2, -0.15) is 0 Å². The molecule has 3 aromatic carbocycles. The van der Waals surface area contributed by atoms with E-state index in [1.54, 1.807) is 62.4 Å². The van der Waals surface area contributed by atoms with Crippen molar-refractivity contribution < 1.29 is 27.1 Å². The van der Waals surface area contributed by atoms with Gasteiger partial charge in [0.1, 0.15) is 24.2 Å². The van der Waals surface area contributed by atoms with Gasteiger partial charge in [-0.25, -0.2) is 12.8 Å². The molecule has 2 amide bonds. The Kier molecular flexibility index (Phi) is 12.2. The number of para-hydroxylation sites is 2. The molecule has 0 saturated carbocycles. The number of ether oxygens (including phenoxy) is 1. The summed E-state index contributed by atoms with van der Waals surface area (Å²) in [6, 6.07) is 17.8. The van der Waals surface area contributed by atoms with Gasteiger partial charge < -0.3 is 15.0 Å². The summed E-state index contributed by atoms with van der Waals surface area (Å²) < 4.78 is 48.7. The Labute approximate surface area is 252 Å². The topological polar surface area (TPSA) is 96.0 Å². The monoisotopic (exact) mass is 615 g/mol. The summed E-state index contributed by atoms with van der Waals surface area (Å²) in [5.74, 6) is -1.06. The number of anilines is 1. The molecule has 3 rings (SSSR count). The first-order valence-corrected chi connectivity index (χ1v) is 16.5. The lowest BCUT2D eigenvalue weighted by Gasteiger charge is -2.33. The highest BCUT2D eigenvalue weighted by Gasteiger charge is 2.34. The van der Waals surface area contributed by atoms with Crippen LogP contribution in [0.5, 0.6) is 5.75 Å². The quantitative estimate of drug-likeness (QED) is 0.228. The second-order valence-corrected chi connectivity index (χ2v) is 12.2. The number of carbonyl (C=O) groups excluding carboxylic acids is 2. The fourth-order valence-electron chi connectivity index (χ4n) is 4.40. The lowest BCUT2D eigenvalue weighted by Crippen LogP contribution is -2.52. The number of sulfonamides is 1. The SMILES string of the molecule is CCCNC(=O)C(CC)N(Cc1ccc(F)cc1)C(=O)CN(c1ccccc1OCC)S(=O)(=O)c1ccc(SC)cc1. The highest BCUT2D eigenvalue weighted by Crippen LogP contribution is 2.33. The third kappa shape index (κ3) is 8.25. The van der Waals surface area contributed by atoms with E-state index in [0.717, 1.165) is 9.20 Å². The summed E-state index contributed by atoms with van der Waals surface area (Å²) >= 11 is 1.48. The van der Waals surface area contributed by atoms with Gasteiger partial charge >= 0.3 is 0 Å². The number of nitrogens with zero attached hydrogens (tertiary/aromatic N) is 2. The van der Waals surface area contributed by atoms with E-state index in [0.29, 0.717) is 30.7 Å². The van der Waals surface area contributed by atoms with Crippen molar-refractivity contribution in [1.29, 1.82) is 0 Å². The van der Waals surface area contributed by atoms with Crippen molar-refractivity contribution in [2.75, 3.05) is 30.3 Å². The van der Waals surface area contributed by atoms with Gasteiger partial charge in [0, 0.05) is 18.0 Å². The third-order valence-corrected chi connectivity index (χ3v) is 9.08. The van der Waals surface area contributed by atoms with Crippen LogP contribution in [-0.4, -0.2) is 57.1 Å². The molecule has 0 aromatic heterocycles. The van der Waals surface area contributed by atoms with E-state index < -0.39 is 34.3 Å². The Morgan fingerprint density at radius 1 is 0.976 bits per heavy atom. The molecule has 0 spiro atoms. The fraction of sp³-hybridized carbons (Fsp3) is 0.355. The highest BCUT2D eigenvalue weighted by atomic mass is 32.2. The molecule has 11 heteroatoms. The standard InChI is InChI=1S/C31H38FN3O5S2/c1-5-20-33-31(37)27(6-2)34(21-23-12-14-24(32)15-13-23)30(36)22-35(28-10-8-9-11-29(28)40-7-3)42(38,39)26-18-16-25(41-4)17-19-26/h8-19,27H,5-7,20-22H2,1-4H3,(H,33,37). The molecule has 226 valence electrons. The number of rotatable bonds is 15. The number of hydrogen-bond donors (Lipinski definition) is 1. The summed E-state index contributed by atoms with van der Waals surface area (Å²) in [7, 11) is -4.25. The van der Waals surface area contributed by atoms with Crippen molar-refractivity contribution in [3.8, 4) is 5.75 Å². The lowest BCUT2D eigenvalue weighted by molar-refractivity contribution is -0.140. The van der Waals surface area contributed by atoms with Crippen LogP contribution in [0.2, 0.25) is 0 Å². The van der Waals surface area contributed by atoms with Gasteiger partial charge in [-0.05, 0) is 80.1 Å². The third-order valence-electron chi connectivity index (χ3n) is 6.56. The Bertz CT molecular complexity index is 1430. The van der Waals surface area contributed by atoms with Gasteiger partial charge in [0.25, 0.3) is 10.0 Å². The molecule has 0 radical (unpaired) electrons. The zero-order valence-electron chi connectivity index (χ0n) is 24.4. The number of amides is 2. The molecule has 1 unspecified atom stereocenters. The summed E-state index contributed by atoms with van der Waals surface area (Å²) in [6.07, 6.45) is 2.90. The lowest BCUT2D eigenvalue weighted by atomic mass is 10.1. The van der Waals surface area contributed by atoms with Crippen LogP contribution < -0.4 is 14.4 Å². The van der Waals surface area contributed by atoms with Crippen molar-refractivity contribution in [2.45, 2.75) is 56.0 Å². The van der Waals surface area contributed by atoms with E-state index in [1.807, 2.05) is 13.2 Å². The predicted octanol–water partition coefficient (Wildman–Crippen LogP) is 5.48. The zero-order chi connectivity index (χ0) is 30.7. The molecule has 0 saturated heterocycles. The van der Waals surface area contributed by atoms with Crippen LogP contribution in [0.25, 0.3) is 0 Å². The second kappa shape index (κ2) is 15.6. The molecule has 0 aliphatic heterocycles. The van der Waals surface area contributed by atoms with E-state index in [-0.39, 0.29) is 29.6 Å². The number of benzene rings is 3. The molecule has 42 heavy (non-hydrogen) atoms. The van der Waals surface area contributed by atoms with Gasteiger partial charge in [-0.3, -0.25) is 13.9 Å². The minimum absolute atomic E-state index is 0.0113. The minimum atomic E-state index is -4.25. The van der Waals surface area contributed by atoms with Gasteiger partial charge in [0.05, 0.1) is 17.2 Å². The Morgan fingerprint density at radius 2 is 1.64 bits per heavy atom. The van der Waals surface area contributed by atoms with Crippen molar-refractivity contribution in [2.24, 2.45) is 0 Å². The second-order valence-electron chi connectivity index (χ2n) is 9.45. The highest BCUT2D eigenvalue weighted by molar-refractivity contribution is 7.98. The first kappa shape index (κ1) is 32.9. The maximum Gasteiger partial charge on any atom is 0.264 e. The molecule has 0 aliphatic rings. The molecule has 0 fully saturated rings. The molecule has 0 bridgehead atoms. The smallest absolute Gasteiger partial charge is 0.264 e. The van der Waals surface area contributed by atoms with Crippen molar-refractivity contribution in [3.63, 3.8) is 0 Å². The summed E-state index contributed by atoms with van der Waals surface area (Å²) in [4.78, 5) is 29.6. The van der Waals surface area contributed by atoms with Crippen LogP contribution in [0.1, 0.15) is 39.2 Å². The van der Waals surface area contributed by atoms with E-state index in [4.69, 9.17) is 4.74 Å². The van der Waals surface area contributed by atoms with E-state index in [9.17, 15) is 22.4 Å². The van der Waals surface area contributed by atoms with Crippen LogP contribution in [0, 0.1) is 5.82 Å². The first-order valence-electron chi connectivity index (χ1n) is 13.9. The van der Waals surface area contributed by atoms with Gasteiger partial charge in [0.2, 0.25) is 11.8 Å².